The number of hydrogen-bond acceptors (Lipinski definition) is 3. The van der Waals surface area contributed by atoms with Crippen molar-refractivity contribution in [3.63, 3.8) is 0 Å². The summed E-state index contributed by atoms with van der Waals surface area (Å²) < 4.78 is 27.8. The molecular formula is C11H11ClF2INO2. The molecule has 0 aliphatic carbocycles. The molecule has 1 fully saturated rings. The Bertz CT molecular complexity index is 474. The Kier molecular flexibility index (Phi) is 3.74. The molecule has 7 heteroatoms. The van der Waals surface area contributed by atoms with Gasteiger partial charge in [-0.2, -0.15) is 8.78 Å². The molecule has 1 aromatic rings. The zero-order chi connectivity index (χ0) is 13.7. The van der Waals surface area contributed by atoms with Crippen LogP contribution in [-0.2, 0) is 0 Å². The fraction of sp³-hybridized carbons (Fsp3) is 0.455. The molecule has 3 nitrogen and oxygen atoms in total. The number of aliphatic hydroxyl groups is 2. The molecule has 0 aromatic heterocycles. The van der Waals surface area contributed by atoms with E-state index >= 15 is 0 Å². The van der Waals surface area contributed by atoms with Crippen molar-refractivity contribution in [3.05, 3.63) is 26.8 Å². The summed E-state index contributed by atoms with van der Waals surface area (Å²) in [4.78, 5) is 1.08. The van der Waals surface area contributed by atoms with Crippen molar-refractivity contribution in [2.24, 2.45) is 0 Å². The predicted molar refractivity (Wildman–Crippen MR) is 73.1 cm³/mol. The summed E-state index contributed by atoms with van der Waals surface area (Å²) in [5, 5.41) is 19.5. The monoisotopic (exact) mass is 389 g/mol. The van der Waals surface area contributed by atoms with Gasteiger partial charge in [-0.3, -0.25) is 0 Å². The molecule has 0 spiro atoms. The molecule has 1 saturated heterocycles. The van der Waals surface area contributed by atoms with Gasteiger partial charge in [0.15, 0.2) is 6.23 Å². The quantitative estimate of drug-likeness (QED) is 0.725. The third-order valence-electron chi connectivity index (χ3n) is 3.10. The summed E-state index contributed by atoms with van der Waals surface area (Å²) in [7, 11) is 0. The van der Waals surface area contributed by atoms with E-state index in [0.29, 0.717) is 10.7 Å². The SMILES string of the molecule is C[C@H]1[C@H](O)C(F)(F)C(O)N1c1ccc(I)c(Cl)c1. The van der Waals surface area contributed by atoms with E-state index in [9.17, 15) is 19.0 Å². The highest BCUT2D eigenvalue weighted by Gasteiger charge is 2.59. The summed E-state index contributed by atoms with van der Waals surface area (Å²) >= 11 is 7.94. The van der Waals surface area contributed by atoms with Crippen molar-refractivity contribution < 1.29 is 19.0 Å². The van der Waals surface area contributed by atoms with Crippen LogP contribution in [-0.4, -0.2) is 34.5 Å². The minimum atomic E-state index is -3.56. The van der Waals surface area contributed by atoms with Crippen molar-refractivity contribution in [3.8, 4) is 0 Å². The third kappa shape index (κ3) is 2.09. The van der Waals surface area contributed by atoms with Crippen molar-refractivity contribution in [2.75, 3.05) is 4.90 Å². The molecule has 0 saturated carbocycles. The van der Waals surface area contributed by atoms with Gasteiger partial charge in [-0.1, -0.05) is 11.6 Å². The van der Waals surface area contributed by atoms with Gasteiger partial charge in [0.05, 0.1) is 11.1 Å². The molecule has 1 heterocycles. The Balaban J connectivity index is 2.42. The molecule has 0 bridgehead atoms. The van der Waals surface area contributed by atoms with Crippen LogP contribution < -0.4 is 4.90 Å². The van der Waals surface area contributed by atoms with E-state index in [4.69, 9.17) is 11.6 Å². The van der Waals surface area contributed by atoms with Crippen LogP contribution in [0.1, 0.15) is 6.92 Å². The Morgan fingerprint density at radius 3 is 2.44 bits per heavy atom. The Morgan fingerprint density at radius 1 is 1.39 bits per heavy atom. The lowest BCUT2D eigenvalue weighted by molar-refractivity contribution is -0.144. The second-order valence-corrected chi connectivity index (χ2v) is 5.81. The first-order valence-corrected chi connectivity index (χ1v) is 6.70. The van der Waals surface area contributed by atoms with Crippen LogP contribution in [0.4, 0.5) is 14.5 Å². The molecule has 2 N–H and O–H groups in total. The summed E-state index contributed by atoms with van der Waals surface area (Å²) in [5.74, 6) is -3.56. The molecule has 1 aliphatic heterocycles. The van der Waals surface area contributed by atoms with Crippen molar-refractivity contribution >= 4 is 39.9 Å². The maximum atomic E-state index is 13.5. The van der Waals surface area contributed by atoms with Gasteiger partial charge in [-0.15, -0.1) is 0 Å². The predicted octanol–water partition coefficient (Wildman–Crippen LogP) is 2.47. The average molecular weight is 390 g/mol. The number of aliphatic hydroxyl groups excluding tert-OH is 2. The topological polar surface area (TPSA) is 43.7 Å². The van der Waals surface area contributed by atoms with E-state index in [0.717, 1.165) is 8.47 Å². The molecule has 1 aliphatic rings. The second-order valence-electron chi connectivity index (χ2n) is 4.24. The maximum absolute atomic E-state index is 13.5. The number of nitrogens with zero attached hydrogens (tertiary/aromatic N) is 1. The van der Waals surface area contributed by atoms with Crippen LogP contribution in [0.15, 0.2) is 18.2 Å². The lowest BCUT2D eigenvalue weighted by Gasteiger charge is -2.27. The first kappa shape index (κ1) is 14.2. The molecule has 18 heavy (non-hydrogen) atoms. The highest BCUT2D eigenvalue weighted by Crippen LogP contribution is 2.40. The van der Waals surface area contributed by atoms with E-state index in [1.807, 2.05) is 22.6 Å². The minimum absolute atomic E-state index is 0.358. The number of halogens is 4. The van der Waals surface area contributed by atoms with E-state index in [1.165, 1.54) is 13.0 Å². The largest absolute Gasteiger partial charge is 0.384 e. The van der Waals surface area contributed by atoms with Gasteiger partial charge >= 0.3 is 5.92 Å². The highest BCUT2D eigenvalue weighted by atomic mass is 127. The van der Waals surface area contributed by atoms with Crippen LogP contribution in [0.3, 0.4) is 0 Å². The van der Waals surface area contributed by atoms with Gasteiger partial charge in [-0.25, -0.2) is 0 Å². The van der Waals surface area contributed by atoms with Crippen LogP contribution in [0.5, 0.6) is 0 Å². The number of hydrogen-bond donors (Lipinski definition) is 2. The first-order valence-electron chi connectivity index (χ1n) is 5.24. The standard InChI is InChI=1S/C11H11ClF2INO2/c1-5-9(17)11(13,14)10(18)16(5)6-2-3-8(15)7(12)4-6/h2-5,9-10,17-18H,1H3/t5-,9-,10?/m0/s1. The van der Waals surface area contributed by atoms with Gasteiger partial charge in [0, 0.05) is 9.26 Å². The van der Waals surface area contributed by atoms with Gasteiger partial charge < -0.3 is 15.1 Å². The van der Waals surface area contributed by atoms with Gasteiger partial charge in [0.2, 0.25) is 0 Å². The number of rotatable bonds is 1. The number of benzene rings is 1. The second kappa shape index (κ2) is 4.73. The normalized spacial score (nSPS) is 30.8. The Labute approximate surface area is 121 Å². The summed E-state index contributed by atoms with van der Waals surface area (Å²) in [6.07, 6.45) is -3.97. The highest BCUT2D eigenvalue weighted by molar-refractivity contribution is 14.1. The lowest BCUT2D eigenvalue weighted by Crippen LogP contribution is -2.41. The number of anilines is 1. The zero-order valence-corrected chi connectivity index (χ0v) is 12.2. The van der Waals surface area contributed by atoms with Gasteiger partial charge in [0.1, 0.15) is 6.10 Å². The van der Waals surface area contributed by atoms with E-state index in [1.54, 1.807) is 12.1 Å². The Morgan fingerprint density at radius 2 is 2.00 bits per heavy atom. The molecule has 100 valence electrons. The van der Waals surface area contributed by atoms with Crippen molar-refractivity contribution in [1.82, 2.24) is 0 Å². The smallest absolute Gasteiger partial charge is 0.318 e. The first-order chi connectivity index (χ1) is 8.26. The molecule has 0 radical (unpaired) electrons. The lowest BCUT2D eigenvalue weighted by atomic mass is 10.1. The molecule has 3 atom stereocenters. The molecular weight excluding hydrogens is 378 g/mol. The fourth-order valence-corrected chi connectivity index (χ4v) is 2.57. The van der Waals surface area contributed by atoms with Crippen LogP contribution in [0.25, 0.3) is 0 Å². The molecule has 2 rings (SSSR count). The van der Waals surface area contributed by atoms with E-state index in [-0.39, 0.29) is 0 Å². The molecule has 1 unspecified atom stereocenters. The third-order valence-corrected chi connectivity index (χ3v) is 4.67. The summed E-state index contributed by atoms with van der Waals surface area (Å²) in [6, 6.07) is 3.85. The van der Waals surface area contributed by atoms with Gasteiger partial charge in [-0.05, 0) is 47.7 Å². The fourth-order valence-electron chi connectivity index (χ4n) is 2.06. The van der Waals surface area contributed by atoms with Crippen molar-refractivity contribution in [1.29, 1.82) is 0 Å². The van der Waals surface area contributed by atoms with Crippen LogP contribution >= 0.6 is 34.2 Å². The van der Waals surface area contributed by atoms with Gasteiger partial charge in [0.25, 0.3) is 0 Å². The molecule has 0 amide bonds. The average Bonchev–Trinajstić information content (AvgIpc) is 2.45. The molecule has 1 aromatic carbocycles. The van der Waals surface area contributed by atoms with Crippen LogP contribution in [0.2, 0.25) is 5.02 Å². The zero-order valence-electron chi connectivity index (χ0n) is 9.32. The summed E-state index contributed by atoms with van der Waals surface area (Å²) in [6.45, 7) is 1.43. The van der Waals surface area contributed by atoms with Crippen molar-refractivity contribution in [2.45, 2.75) is 31.2 Å². The maximum Gasteiger partial charge on any atom is 0.318 e. The minimum Gasteiger partial charge on any atom is -0.384 e. The Hall–Kier alpha value is -0.180. The summed E-state index contributed by atoms with van der Waals surface area (Å²) in [5.41, 5.74) is 0.358. The van der Waals surface area contributed by atoms with Crippen LogP contribution in [0, 0.1) is 3.57 Å². The van der Waals surface area contributed by atoms with E-state index < -0.39 is 24.3 Å². The number of alkyl halides is 2. The van der Waals surface area contributed by atoms with E-state index in [2.05, 4.69) is 0 Å².